The van der Waals surface area contributed by atoms with Crippen molar-refractivity contribution in [3.63, 3.8) is 0 Å². The Morgan fingerprint density at radius 2 is 1.30 bits per heavy atom. The van der Waals surface area contributed by atoms with E-state index < -0.39 is 15.6 Å². The minimum atomic E-state index is -6.09. The first-order valence-electron chi connectivity index (χ1n) is 8.11. The zero-order chi connectivity index (χ0) is 21.8. The van der Waals surface area contributed by atoms with E-state index >= 15 is 0 Å². The van der Waals surface area contributed by atoms with E-state index in [0.29, 0.717) is 0 Å². The highest BCUT2D eigenvalue weighted by molar-refractivity contribution is 7.86. The van der Waals surface area contributed by atoms with Gasteiger partial charge in [0.15, 0.2) is 16.3 Å². The number of hydrogen-bond donors (Lipinski definition) is 0. The summed E-state index contributed by atoms with van der Waals surface area (Å²) in [4.78, 5) is 0. The molecule has 0 aliphatic carbocycles. The lowest BCUT2D eigenvalue weighted by molar-refractivity contribution is -0.458. The second kappa shape index (κ2) is 8.60. The number of allylic oxidation sites excluding steroid dienone is 6. The Labute approximate surface area is 159 Å². The topological polar surface area (TPSA) is 69.4 Å². The normalized spacial score (nSPS) is 15.6. The average Bonchev–Trinajstić information content (AvgIpc) is 2.41. The van der Waals surface area contributed by atoms with E-state index in [9.17, 15) is 13.2 Å². The maximum Gasteiger partial charge on any atom is 0.485 e. The van der Waals surface area contributed by atoms with Crippen molar-refractivity contribution in [1.29, 1.82) is 0 Å². The van der Waals surface area contributed by atoms with Gasteiger partial charge in [-0.25, -0.2) is 13.0 Å². The van der Waals surface area contributed by atoms with Crippen molar-refractivity contribution in [2.24, 2.45) is 10.8 Å². The first kappa shape index (κ1) is 25.4. The maximum atomic E-state index is 10.7. The van der Waals surface area contributed by atoms with Crippen LogP contribution >= 0.6 is 0 Å². The summed E-state index contributed by atoms with van der Waals surface area (Å²) in [7, 11) is -2.04. The van der Waals surface area contributed by atoms with E-state index in [0.717, 1.165) is 11.5 Å². The summed E-state index contributed by atoms with van der Waals surface area (Å²) in [5.74, 6) is 2.05. The summed E-state index contributed by atoms with van der Waals surface area (Å²) in [6, 6.07) is 0. The van der Waals surface area contributed by atoms with E-state index in [4.69, 9.17) is 17.7 Å². The van der Waals surface area contributed by atoms with Crippen molar-refractivity contribution < 1.29 is 35.5 Å². The molecule has 0 atom stereocenters. The van der Waals surface area contributed by atoms with Crippen LogP contribution in [0.4, 0.5) is 13.2 Å². The van der Waals surface area contributed by atoms with Crippen LogP contribution in [0.3, 0.4) is 0 Å². The molecule has 1 heterocycles. The number of alkyl halides is 3. The molecule has 5 nitrogen and oxygen atoms in total. The molecule has 9 heteroatoms. The molecule has 0 radical (unpaired) electrons. The molecule has 0 aromatic rings. The first-order valence-corrected chi connectivity index (χ1v) is 9.52. The summed E-state index contributed by atoms with van der Waals surface area (Å²) in [5.41, 5.74) is -4.42. The molecule has 0 saturated carbocycles. The van der Waals surface area contributed by atoms with Gasteiger partial charge in [-0.05, 0) is 17.7 Å². The second-order valence-corrected chi connectivity index (χ2v) is 9.67. The van der Waals surface area contributed by atoms with Crippen LogP contribution in [0.5, 0.6) is 0 Å². The lowest BCUT2D eigenvalue weighted by Crippen LogP contribution is -2.21. The quantitative estimate of drug-likeness (QED) is 0.281. The molecule has 0 aromatic heterocycles. The van der Waals surface area contributed by atoms with Crippen LogP contribution in [-0.4, -0.2) is 43.4 Å². The van der Waals surface area contributed by atoms with Gasteiger partial charge in [0.05, 0.1) is 0 Å². The molecule has 1 aliphatic rings. The van der Waals surface area contributed by atoms with E-state index in [1.807, 2.05) is 18.7 Å². The van der Waals surface area contributed by atoms with Crippen LogP contribution in [0.15, 0.2) is 35.3 Å². The Balaban J connectivity index is 0.000000713. The van der Waals surface area contributed by atoms with Gasteiger partial charge < -0.3 is 9.29 Å². The SMILES string of the molecule is C[N+](C)=CC=C1C=C(C(C)(C)C)OC(C(C)(C)C)=C1.O=S(=O)([O-])C(F)(F)F. The number of halogens is 3. The van der Waals surface area contributed by atoms with Crippen LogP contribution in [-0.2, 0) is 14.9 Å². The largest absolute Gasteiger partial charge is 0.741 e. The van der Waals surface area contributed by atoms with E-state index in [2.05, 4.69) is 66.0 Å². The summed E-state index contributed by atoms with van der Waals surface area (Å²) in [6.07, 6.45) is 8.46. The molecule has 0 N–H and O–H groups in total. The average molecular weight is 411 g/mol. The number of hydrogen-bond acceptors (Lipinski definition) is 4. The summed E-state index contributed by atoms with van der Waals surface area (Å²) in [5, 5.41) is 0. The lowest BCUT2D eigenvalue weighted by atomic mass is 9.87. The van der Waals surface area contributed by atoms with Gasteiger partial charge in [0, 0.05) is 16.9 Å². The molecule has 0 fully saturated rings. The van der Waals surface area contributed by atoms with Gasteiger partial charge in [-0.3, -0.25) is 0 Å². The Kier molecular flexibility index (Phi) is 8.09. The molecule has 156 valence electrons. The van der Waals surface area contributed by atoms with Crippen LogP contribution < -0.4 is 0 Å². The van der Waals surface area contributed by atoms with Crippen LogP contribution in [0.1, 0.15) is 41.5 Å². The smallest absolute Gasteiger partial charge is 0.485 e. The van der Waals surface area contributed by atoms with Gasteiger partial charge in [0.25, 0.3) is 0 Å². The Hall–Kier alpha value is -1.61. The predicted octanol–water partition coefficient (Wildman–Crippen LogP) is 4.20. The van der Waals surface area contributed by atoms with Crippen molar-refractivity contribution in [2.75, 3.05) is 14.1 Å². The number of nitrogens with zero attached hydrogens (tertiary/aromatic N) is 1. The summed E-state index contributed by atoms with van der Waals surface area (Å²) >= 11 is 0. The minimum Gasteiger partial charge on any atom is -0.741 e. The monoisotopic (exact) mass is 411 g/mol. The third kappa shape index (κ3) is 9.23. The summed E-state index contributed by atoms with van der Waals surface area (Å²) in [6.45, 7) is 13.1. The molecule has 0 bridgehead atoms. The Morgan fingerprint density at radius 1 is 0.963 bits per heavy atom. The van der Waals surface area contributed by atoms with Gasteiger partial charge in [-0.2, -0.15) is 13.2 Å². The molecule has 0 unspecified atom stereocenters. The van der Waals surface area contributed by atoms with Gasteiger partial charge in [-0.15, -0.1) is 0 Å². The van der Waals surface area contributed by atoms with Crippen molar-refractivity contribution in [1.82, 2.24) is 0 Å². The van der Waals surface area contributed by atoms with Crippen LogP contribution in [0.2, 0.25) is 0 Å². The van der Waals surface area contributed by atoms with Gasteiger partial charge >= 0.3 is 5.51 Å². The van der Waals surface area contributed by atoms with Crippen molar-refractivity contribution >= 4 is 16.3 Å². The van der Waals surface area contributed by atoms with Gasteiger partial charge in [0.1, 0.15) is 25.6 Å². The molecular formula is C18H28F3NO4S. The van der Waals surface area contributed by atoms with Crippen molar-refractivity contribution in [3.05, 3.63) is 35.3 Å². The van der Waals surface area contributed by atoms with Crippen LogP contribution in [0.25, 0.3) is 0 Å². The van der Waals surface area contributed by atoms with E-state index in [-0.39, 0.29) is 10.8 Å². The molecule has 1 aliphatic heterocycles. The number of ether oxygens (including phenoxy) is 1. The maximum absolute atomic E-state index is 10.7. The highest BCUT2D eigenvalue weighted by Gasteiger charge is 2.37. The first-order chi connectivity index (χ1) is 11.7. The van der Waals surface area contributed by atoms with E-state index in [1.54, 1.807) is 0 Å². The van der Waals surface area contributed by atoms with Crippen molar-refractivity contribution in [3.8, 4) is 0 Å². The predicted molar refractivity (Wildman–Crippen MR) is 98.2 cm³/mol. The third-order valence-corrected chi connectivity index (χ3v) is 3.71. The van der Waals surface area contributed by atoms with Gasteiger partial charge in [0.2, 0.25) is 0 Å². The fraction of sp³-hybridized carbons (Fsp3) is 0.611. The Bertz CT molecular complexity index is 724. The molecule has 0 saturated heterocycles. The summed E-state index contributed by atoms with van der Waals surface area (Å²) < 4.78 is 67.0. The molecule has 0 amide bonds. The molecule has 1 rings (SSSR count). The zero-order valence-corrected chi connectivity index (χ0v) is 17.7. The van der Waals surface area contributed by atoms with Crippen LogP contribution in [0, 0.1) is 10.8 Å². The Morgan fingerprint density at radius 3 is 1.52 bits per heavy atom. The fourth-order valence-electron chi connectivity index (χ4n) is 1.59. The standard InChI is InChI=1S/C17H28NO.CHF3O3S/c1-16(2,3)14-11-13(9-10-18(7)8)12-15(19-14)17(4,5)6;2-1(3,4)8(5,6)7/h9-12H,1-8H3;(H,5,6,7)/q+1;/p-1. The molecule has 27 heavy (non-hydrogen) atoms. The van der Waals surface area contributed by atoms with Gasteiger partial charge in [-0.1, -0.05) is 41.5 Å². The zero-order valence-electron chi connectivity index (χ0n) is 16.9. The fourth-order valence-corrected chi connectivity index (χ4v) is 1.59. The molecule has 0 aromatic carbocycles. The highest BCUT2D eigenvalue weighted by Crippen LogP contribution is 2.38. The number of rotatable bonds is 1. The second-order valence-electron chi connectivity index (χ2n) is 8.30. The third-order valence-electron chi connectivity index (χ3n) is 3.14. The minimum absolute atomic E-state index is 0.0158. The molecular weight excluding hydrogens is 383 g/mol. The van der Waals surface area contributed by atoms with E-state index in [1.165, 1.54) is 5.57 Å². The van der Waals surface area contributed by atoms with Crippen molar-refractivity contribution in [2.45, 2.75) is 47.1 Å². The molecule has 0 spiro atoms. The lowest BCUT2D eigenvalue weighted by Gasteiger charge is -2.32. The highest BCUT2D eigenvalue weighted by atomic mass is 32.2.